The monoisotopic (exact) mass is 257 g/mol. The van der Waals surface area contributed by atoms with E-state index in [9.17, 15) is 14.4 Å². The van der Waals surface area contributed by atoms with E-state index in [2.05, 4.69) is 5.32 Å². The molecule has 1 aliphatic carbocycles. The number of hydrogen-bond donors (Lipinski definition) is 2. The fourth-order valence-corrected chi connectivity index (χ4v) is 2.10. The van der Waals surface area contributed by atoms with Crippen LogP contribution in [0.25, 0.3) is 0 Å². The molecule has 3 atom stereocenters. The van der Waals surface area contributed by atoms with Crippen molar-refractivity contribution in [3.63, 3.8) is 0 Å². The van der Waals surface area contributed by atoms with E-state index >= 15 is 0 Å². The van der Waals surface area contributed by atoms with Gasteiger partial charge >= 0.3 is 11.9 Å². The van der Waals surface area contributed by atoms with Gasteiger partial charge < -0.3 is 15.2 Å². The maximum absolute atomic E-state index is 11.8. The Labute approximate surface area is 106 Å². The van der Waals surface area contributed by atoms with Crippen LogP contribution in [0.1, 0.15) is 33.1 Å². The zero-order valence-corrected chi connectivity index (χ0v) is 10.6. The summed E-state index contributed by atoms with van der Waals surface area (Å²) < 4.78 is 4.78. The Morgan fingerprint density at radius 2 is 1.94 bits per heavy atom. The summed E-state index contributed by atoms with van der Waals surface area (Å²) in [6.07, 6.45) is 1.41. The van der Waals surface area contributed by atoms with E-state index in [-0.39, 0.29) is 18.4 Å². The topological polar surface area (TPSA) is 92.7 Å². The molecule has 6 heteroatoms. The van der Waals surface area contributed by atoms with Crippen molar-refractivity contribution in [3.05, 3.63) is 0 Å². The molecular weight excluding hydrogens is 238 g/mol. The highest BCUT2D eigenvalue weighted by molar-refractivity contribution is 5.86. The molecule has 0 aromatic carbocycles. The van der Waals surface area contributed by atoms with Crippen molar-refractivity contribution >= 4 is 17.8 Å². The molecule has 0 aromatic rings. The second-order valence-electron chi connectivity index (χ2n) is 4.53. The lowest BCUT2D eigenvalue weighted by atomic mass is 10.0. The molecule has 0 bridgehead atoms. The van der Waals surface area contributed by atoms with Crippen molar-refractivity contribution < 1.29 is 24.2 Å². The van der Waals surface area contributed by atoms with Crippen LogP contribution in [-0.2, 0) is 19.1 Å². The summed E-state index contributed by atoms with van der Waals surface area (Å²) in [4.78, 5) is 33.9. The summed E-state index contributed by atoms with van der Waals surface area (Å²) in [5, 5.41) is 11.4. The third-order valence-corrected chi connectivity index (χ3v) is 3.15. The molecule has 1 rings (SSSR count). The van der Waals surface area contributed by atoms with Gasteiger partial charge in [-0.05, 0) is 33.1 Å². The van der Waals surface area contributed by atoms with Gasteiger partial charge in [-0.3, -0.25) is 9.59 Å². The number of carboxylic acids is 1. The first-order chi connectivity index (χ1) is 8.45. The first-order valence-electron chi connectivity index (χ1n) is 6.15. The summed E-state index contributed by atoms with van der Waals surface area (Å²) in [6, 6.07) is -0.693. The molecule has 0 radical (unpaired) electrons. The zero-order valence-electron chi connectivity index (χ0n) is 10.6. The highest BCUT2D eigenvalue weighted by atomic mass is 16.5. The SMILES string of the molecule is CCOC(=O)C(C)NC(=O)[C@@H]1CC[C@H](C(=O)O)C1. The van der Waals surface area contributed by atoms with Crippen LogP contribution in [0, 0.1) is 11.8 Å². The largest absolute Gasteiger partial charge is 0.481 e. The highest BCUT2D eigenvalue weighted by Gasteiger charge is 2.34. The van der Waals surface area contributed by atoms with Crippen LogP contribution >= 0.6 is 0 Å². The number of rotatable bonds is 5. The van der Waals surface area contributed by atoms with Crippen LogP contribution in [0.2, 0.25) is 0 Å². The number of amides is 1. The minimum absolute atomic E-state index is 0.265. The number of nitrogens with one attached hydrogen (secondary N) is 1. The quantitative estimate of drug-likeness (QED) is 0.702. The van der Waals surface area contributed by atoms with Crippen molar-refractivity contribution in [2.45, 2.75) is 39.2 Å². The average Bonchev–Trinajstić information content (AvgIpc) is 2.78. The maximum atomic E-state index is 11.8. The number of carbonyl (C=O) groups excluding carboxylic acids is 2. The molecule has 1 fully saturated rings. The summed E-state index contributed by atoms with van der Waals surface area (Å²) in [5.74, 6) is -2.36. The lowest BCUT2D eigenvalue weighted by molar-refractivity contribution is -0.147. The van der Waals surface area contributed by atoms with Crippen molar-refractivity contribution in [1.82, 2.24) is 5.32 Å². The van der Waals surface area contributed by atoms with Crippen molar-refractivity contribution in [3.8, 4) is 0 Å². The van der Waals surface area contributed by atoms with Gasteiger partial charge in [0.25, 0.3) is 0 Å². The summed E-state index contributed by atoms with van der Waals surface area (Å²) in [7, 11) is 0. The van der Waals surface area contributed by atoms with Gasteiger partial charge in [-0.2, -0.15) is 0 Å². The van der Waals surface area contributed by atoms with E-state index in [0.717, 1.165) is 0 Å². The third-order valence-electron chi connectivity index (χ3n) is 3.15. The van der Waals surface area contributed by atoms with Gasteiger partial charge in [-0.25, -0.2) is 4.79 Å². The van der Waals surface area contributed by atoms with Gasteiger partial charge in [0.1, 0.15) is 6.04 Å². The Balaban J connectivity index is 2.42. The summed E-state index contributed by atoms with van der Waals surface area (Å²) >= 11 is 0. The highest BCUT2D eigenvalue weighted by Crippen LogP contribution is 2.31. The summed E-state index contributed by atoms with van der Waals surface area (Å²) in [6.45, 7) is 3.52. The molecule has 0 heterocycles. The van der Waals surface area contributed by atoms with E-state index in [1.807, 2.05) is 0 Å². The molecular formula is C12H19NO5. The number of carbonyl (C=O) groups is 3. The third kappa shape index (κ3) is 3.72. The number of aliphatic carboxylic acids is 1. The lowest BCUT2D eigenvalue weighted by Crippen LogP contribution is -2.42. The standard InChI is InChI=1S/C12H19NO5/c1-3-18-12(17)7(2)13-10(14)8-4-5-9(6-8)11(15)16/h7-9H,3-6H2,1-2H3,(H,13,14)(H,15,16)/t7?,8-,9+/m1/s1. The molecule has 1 saturated carbocycles. The maximum Gasteiger partial charge on any atom is 0.328 e. The van der Waals surface area contributed by atoms with Gasteiger partial charge in [-0.15, -0.1) is 0 Å². The molecule has 1 unspecified atom stereocenters. The van der Waals surface area contributed by atoms with Gasteiger partial charge in [0, 0.05) is 5.92 Å². The first kappa shape index (κ1) is 14.5. The predicted octanol–water partition coefficient (Wildman–Crippen LogP) is 0.555. The minimum Gasteiger partial charge on any atom is -0.481 e. The zero-order chi connectivity index (χ0) is 13.7. The number of carboxylic acid groups (broad SMARTS) is 1. The molecule has 0 saturated heterocycles. The number of ether oxygens (including phenoxy) is 1. The van der Waals surface area contributed by atoms with Gasteiger partial charge in [0.05, 0.1) is 12.5 Å². The normalized spacial score (nSPS) is 24.3. The van der Waals surface area contributed by atoms with Crippen molar-refractivity contribution in [2.75, 3.05) is 6.61 Å². The van der Waals surface area contributed by atoms with E-state index in [1.54, 1.807) is 13.8 Å². The molecule has 102 valence electrons. The van der Waals surface area contributed by atoms with E-state index < -0.39 is 23.9 Å². The summed E-state index contributed by atoms with van der Waals surface area (Å²) in [5.41, 5.74) is 0. The Bertz CT molecular complexity index is 341. The molecule has 1 aliphatic rings. The molecule has 0 aromatic heterocycles. The lowest BCUT2D eigenvalue weighted by Gasteiger charge is -2.15. The van der Waals surface area contributed by atoms with Crippen molar-refractivity contribution in [1.29, 1.82) is 0 Å². The molecule has 0 aliphatic heterocycles. The average molecular weight is 257 g/mol. The number of esters is 1. The second-order valence-corrected chi connectivity index (χ2v) is 4.53. The van der Waals surface area contributed by atoms with Crippen LogP contribution in [0.3, 0.4) is 0 Å². The molecule has 2 N–H and O–H groups in total. The van der Waals surface area contributed by atoms with Gasteiger partial charge in [-0.1, -0.05) is 0 Å². The minimum atomic E-state index is -0.858. The van der Waals surface area contributed by atoms with Gasteiger partial charge in [0.2, 0.25) is 5.91 Å². The van der Waals surface area contributed by atoms with Gasteiger partial charge in [0.15, 0.2) is 0 Å². The van der Waals surface area contributed by atoms with E-state index in [0.29, 0.717) is 19.3 Å². The Hall–Kier alpha value is -1.59. The van der Waals surface area contributed by atoms with Crippen LogP contribution in [-0.4, -0.2) is 35.6 Å². The Morgan fingerprint density at radius 3 is 2.44 bits per heavy atom. The molecule has 0 spiro atoms. The fraction of sp³-hybridized carbons (Fsp3) is 0.750. The van der Waals surface area contributed by atoms with E-state index in [1.165, 1.54) is 0 Å². The van der Waals surface area contributed by atoms with Crippen LogP contribution in [0.5, 0.6) is 0 Å². The smallest absolute Gasteiger partial charge is 0.328 e. The van der Waals surface area contributed by atoms with Crippen molar-refractivity contribution in [2.24, 2.45) is 11.8 Å². The molecule has 18 heavy (non-hydrogen) atoms. The van der Waals surface area contributed by atoms with Crippen LogP contribution < -0.4 is 5.32 Å². The fourth-order valence-electron chi connectivity index (χ4n) is 2.10. The molecule has 6 nitrogen and oxygen atoms in total. The predicted molar refractivity (Wildman–Crippen MR) is 62.7 cm³/mol. The first-order valence-corrected chi connectivity index (χ1v) is 6.15. The Kier molecular flexibility index (Phi) is 5.12. The number of hydrogen-bond acceptors (Lipinski definition) is 4. The van der Waals surface area contributed by atoms with E-state index in [4.69, 9.17) is 9.84 Å². The Morgan fingerprint density at radius 1 is 1.33 bits per heavy atom. The van der Waals surface area contributed by atoms with Crippen LogP contribution in [0.15, 0.2) is 0 Å². The second kappa shape index (κ2) is 6.37. The molecule has 1 amide bonds. The van der Waals surface area contributed by atoms with Crippen LogP contribution in [0.4, 0.5) is 0 Å².